The summed E-state index contributed by atoms with van der Waals surface area (Å²) in [5, 5.41) is 5.30. The van der Waals surface area contributed by atoms with Crippen molar-refractivity contribution in [1.29, 1.82) is 0 Å². The average molecular weight is 265 g/mol. The van der Waals surface area contributed by atoms with Gasteiger partial charge in [-0.25, -0.2) is 0 Å². The molecular formula is C13H19N3OS. The number of rotatable bonds is 2. The number of nitrogens with zero attached hydrogens (tertiary/aromatic N) is 2. The summed E-state index contributed by atoms with van der Waals surface area (Å²) < 4.78 is 0. The second kappa shape index (κ2) is 4.99. The van der Waals surface area contributed by atoms with Crippen molar-refractivity contribution < 1.29 is 4.79 Å². The molecular weight excluding hydrogens is 246 g/mol. The molecule has 3 rings (SSSR count). The van der Waals surface area contributed by atoms with E-state index in [1.807, 2.05) is 23.3 Å². The van der Waals surface area contributed by atoms with Crippen molar-refractivity contribution in [2.75, 3.05) is 39.3 Å². The van der Waals surface area contributed by atoms with E-state index >= 15 is 0 Å². The molecule has 1 aromatic rings. The van der Waals surface area contributed by atoms with Crippen LogP contribution in [0, 0.1) is 6.92 Å². The molecule has 5 heteroatoms. The first-order valence-corrected chi connectivity index (χ1v) is 7.42. The molecule has 2 aliphatic rings. The van der Waals surface area contributed by atoms with Gasteiger partial charge in [-0.05, 0) is 23.9 Å². The van der Waals surface area contributed by atoms with Gasteiger partial charge in [0.2, 0.25) is 0 Å². The minimum absolute atomic E-state index is 0.217. The van der Waals surface area contributed by atoms with Gasteiger partial charge in [-0.1, -0.05) is 0 Å². The largest absolute Gasteiger partial charge is 0.335 e. The van der Waals surface area contributed by atoms with Crippen LogP contribution in [0.25, 0.3) is 0 Å². The molecule has 0 atom stereocenters. The lowest BCUT2D eigenvalue weighted by Crippen LogP contribution is -2.62. The van der Waals surface area contributed by atoms with Crippen LogP contribution in [0.3, 0.4) is 0 Å². The van der Waals surface area contributed by atoms with Crippen molar-refractivity contribution in [2.45, 2.75) is 13.0 Å². The summed E-state index contributed by atoms with van der Waals surface area (Å²) in [4.78, 5) is 17.8. The maximum atomic E-state index is 12.3. The van der Waals surface area contributed by atoms with Gasteiger partial charge in [-0.3, -0.25) is 9.69 Å². The van der Waals surface area contributed by atoms with E-state index < -0.39 is 0 Å². The fourth-order valence-corrected chi connectivity index (χ4v) is 3.45. The van der Waals surface area contributed by atoms with Crippen molar-refractivity contribution >= 4 is 17.2 Å². The smallest absolute Gasteiger partial charge is 0.264 e. The van der Waals surface area contributed by atoms with Crippen molar-refractivity contribution in [3.63, 3.8) is 0 Å². The lowest BCUT2D eigenvalue weighted by molar-refractivity contribution is 0.0505. The van der Waals surface area contributed by atoms with E-state index in [0.717, 1.165) is 49.7 Å². The number of aryl methyl sites for hydroxylation is 1. The zero-order valence-electron chi connectivity index (χ0n) is 10.7. The molecule has 0 saturated carbocycles. The third-order valence-corrected chi connectivity index (χ3v) is 4.94. The van der Waals surface area contributed by atoms with E-state index in [0.29, 0.717) is 6.04 Å². The Morgan fingerprint density at radius 2 is 2.06 bits per heavy atom. The van der Waals surface area contributed by atoms with Gasteiger partial charge in [0.1, 0.15) is 0 Å². The molecule has 0 unspecified atom stereocenters. The molecule has 98 valence electrons. The fourth-order valence-electron chi connectivity index (χ4n) is 2.56. The van der Waals surface area contributed by atoms with E-state index in [-0.39, 0.29) is 5.91 Å². The molecule has 2 saturated heterocycles. The van der Waals surface area contributed by atoms with Gasteiger partial charge in [0.15, 0.2) is 0 Å². The Hall–Kier alpha value is -0.910. The topological polar surface area (TPSA) is 35.6 Å². The maximum Gasteiger partial charge on any atom is 0.264 e. The fraction of sp³-hybridized carbons (Fsp3) is 0.615. The molecule has 0 aliphatic carbocycles. The Balaban J connectivity index is 1.59. The van der Waals surface area contributed by atoms with Crippen LogP contribution in [0.4, 0.5) is 0 Å². The van der Waals surface area contributed by atoms with Crippen molar-refractivity contribution in [1.82, 2.24) is 15.1 Å². The number of hydrogen-bond acceptors (Lipinski definition) is 4. The van der Waals surface area contributed by atoms with Gasteiger partial charge in [0.05, 0.1) is 4.88 Å². The van der Waals surface area contributed by atoms with E-state index in [4.69, 9.17) is 0 Å². The monoisotopic (exact) mass is 265 g/mol. The zero-order valence-corrected chi connectivity index (χ0v) is 11.5. The number of piperazine rings is 1. The normalized spacial score (nSPS) is 21.9. The number of carbonyl (C=O) groups excluding carboxylic acids is 1. The summed E-state index contributed by atoms with van der Waals surface area (Å²) in [7, 11) is 0. The molecule has 0 spiro atoms. The molecule has 18 heavy (non-hydrogen) atoms. The summed E-state index contributed by atoms with van der Waals surface area (Å²) in [6.07, 6.45) is 0. The summed E-state index contributed by atoms with van der Waals surface area (Å²) in [5.41, 5.74) is 1.11. The van der Waals surface area contributed by atoms with Crippen LogP contribution in [-0.2, 0) is 0 Å². The second-order valence-corrected chi connectivity index (χ2v) is 5.99. The lowest BCUT2D eigenvalue weighted by Gasteiger charge is -2.43. The second-order valence-electron chi connectivity index (χ2n) is 5.07. The highest BCUT2D eigenvalue weighted by Gasteiger charge is 2.29. The van der Waals surface area contributed by atoms with Gasteiger partial charge in [0, 0.05) is 45.3 Å². The number of nitrogens with one attached hydrogen (secondary N) is 1. The minimum Gasteiger partial charge on any atom is -0.335 e. The van der Waals surface area contributed by atoms with Gasteiger partial charge in [-0.15, -0.1) is 11.3 Å². The quantitative estimate of drug-likeness (QED) is 0.858. The van der Waals surface area contributed by atoms with Crippen LogP contribution in [0.1, 0.15) is 15.2 Å². The van der Waals surface area contributed by atoms with Crippen molar-refractivity contribution in [3.8, 4) is 0 Å². The number of amides is 1. The molecule has 1 amide bonds. The van der Waals surface area contributed by atoms with Crippen LogP contribution >= 0.6 is 11.3 Å². The van der Waals surface area contributed by atoms with E-state index in [1.54, 1.807) is 11.3 Å². The Labute approximate surface area is 112 Å². The van der Waals surface area contributed by atoms with E-state index in [2.05, 4.69) is 10.2 Å². The maximum absolute atomic E-state index is 12.3. The minimum atomic E-state index is 0.217. The summed E-state index contributed by atoms with van der Waals surface area (Å²) in [6.45, 7) is 8.00. The SMILES string of the molecule is Cc1ccsc1C(=O)N1CCN(C2CNC2)CC1. The Morgan fingerprint density at radius 1 is 1.33 bits per heavy atom. The van der Waals surface area contributed by atoms with Crippen molar-refractivity contribution in [2.24, 2.45) is 0 Å². The van der Waals surface area contributed by atoms with Crippen LogP contribution < -0.4 is 5.32 Å². The highest BCUT2D eigenvalue weighted by molar-refractivity contribution is 7.12. The Bertz CT molecular complexity index is 433. The van der Waals surface area contributed by atoms with Crippen molar-refractivity contribution in [3.05, 3.63) is 21.9 Å². The molecule has 0 bridgehead atoms. The van der Waals surface area contributed by atoms with Crippen LogP contribution in [0.5, 0.6) is 0 Å². The third kappa shape index (κ3) is 2.18. The highest BCUT2D eigenvalue weighted by Crippen LogP contribution is 2.19. The molecule has 0 radical (unpaired) electrons. The number of carbonyl (C=O) groups is 1. The molecule has 1 aromatic heterocycles. The van der Waals surface area contributed by atoms with Crippen LogP contribution in [0.15, 0.2) is 11.4 Å². The summed E-state index contributed by atoms with van der Waals surface area (Å²) in [6, 6.07) is 2.72. The van der Waals surface area contributed by atoms with Crippen LogP contribution in [-0.4, -0.2) is 61.0 Å². The molecule has 2 fully saturated rings. The summed E-state index contributed by atoms with van der Waals surface area (Å²) >= 11 is 1.56. The average Bonchev–Trinajstić information content (AvgIpc) is 2.73. The van der Waals surface area contributed by atoms with Crippen LogP contribution in [0.2, 0.25) is 0 Å². The first kappa shape index (κ1) is 12.1. The molecule has 1 N–H and O–H groups in total. The number of hydrogen-bond donors (Lipinski definition) is 1. The first-order chi connectivity index (χ1) is 8.75. The highest BCUT2D eigenvalue weighted by atomic mass is 32.1. The van der Waals surface area contributed by atoms with Gasteiger partial charge in [-0.2, -0.15) is 0 Å². The predicted octanol–water partition coefficient (Wildman–Crippen LogP) is 0.786. The lowest BCUT2D eigenvalue weighted by atomic mass is 10.1. The molecule has 4 nitrogen and oxygen atoms in total. The Morgan fingerprint density at radius 3 is 2.56 bits per heavy atom. The molecule has 3 heterocycles. The predicted molar refractivity (Wildman–Crippen MR) is 73.2 cm³/mol. The van der Waals surface area contributed by atoms with Gasteiger partial charge >= 0.3 is 0 Å². The third-order valence-electron chi connectivity index (χ3n) is 3.93. The zero-order chi connectivity index (χ0) is 12.5. The van der Waals surface area contributed by atoms with Gasteiger partial charge in [0.25, 0.3) is 5.91 Å². The first-order valence-electron chi connectivity index (χ1n) is 6.54. The Kier molecular flexibility index (Phi) is 3.37. The van der Waals surface area contributed by atoms with E-state index in [9.17, 15) is 4.79 Å². The molecule has 2 aliphatic heterocycles. The van der Waals surface area contributed by atoms with Gasteiger partial charge < -0.3 is 10.2 Å². The number of thiophene rings is 1. The molecule has 0 aromatic carbocycles. The summed E-state index contributed by atoms with van der Waals surface area (Å²) in [5.74, 6) is 0.217. The van der Waals surface area contributed by atoms with E-state index in [1.165, 1.54) is 0 Å². The standard InChI is InChI=1S/C13H19N3OS/c1-10-2-7-18-12(10)13(17)16-5-3-15(4-6-16)11-8-14-9-11/h2,7,11,14H,3-6,8-9H2,1H3.